The molecule has 0 saturated carbocycles. The van der Waals surface area contributed by atoms with Gasteiger partial charge in [-0.1, -0.05) is 152 Å². The molecule has 0 bridgehead atoms. The van der Waals surface area contributed by atoms with E-state index in [2.05, 4.69) is 67.9 Å². The van der Waals surface area contributed by atoms with Gasteiger partial charge in [0.15, 0.2) is 0 Å². The summed E-state index contributed by atoms with van der Waals surface area (Å²) in [5, 5.41) is 1.95. The van der Waals surface area contributed by atoms with Crippen LogP contribution in [0.25, 0.3) is 0 Å². The number of hydrogen-bond acceptors (Lipinski definition) is 5. The van der Waals surface area contributed by atoms with E-state index in [9.17, 15) is 0 Å². The van der Waals surface area contributed by atoms with Crippen molar-refractivity contribution in [2.24, 2.45) is 5.92 Å². The monoisotopic (exact) mass is 701 g/mol. The Morgan fingerprint density at radius 2 is 1.04 bits per heavy atom. The van der Waals surface area contributed by atoms with E-state index in [1.54, 1.807) is 0 Å². The summed E-state index contributed by atoms with van der Waals surface area (Å²) < 4.78 is 18.5. The van der Waals surface area contributed by atoms with E-state index in [0.717, 1.165) is 26.0 Å². The van der Waals surface area contributed by atoms with Gasteiger partial charge in [-0.15, -0.1) is 0 Å². The summed E-state index contributed by atoms with van der Waals surface area (Å²) in [4.78, 5) is 0. The second-order valence-corrected chi connectivity index (χ2v) is 15.1. The highest BCUT2D eigenvalue weighted by atomic mass is 16.9. The number of allylic oxidation sites excluding steroid dienone is 8. The summed E-state index contributed by atoms with van der Waals surface area (Å²) in [5.41, 5.74) is 3.30. The second-order valence-electron chi connectivity index (χ2n) is 15.1. The van der Waals surface area contributed by atoms with Crippen molar-refractivity contribution in [2.75, 3.05) is 33.9 Å². The minimum atomic E-state index is -0.921. The zero-order valence-electron chi connectivity index (χ0n) is 34.0. The van der Waals surface area contributed by atoms with Crippen molar-refractivity contribution < 1.29 is 14.2 Å². The predicted octanol–water partition coefficient (Wildman–Crippen LogP) is 13.2. The van der Waals surface area contributed by atoms with Crippen LogP contribution in [0.4, 0.5) is 0 Å². The molecule has 1 aliphatic rings. The van der Waals surface area contributed by atoms with Gasteiger partial charge in [-0.25, -0.2) is 0 Å². The van der Waals surface area contributed by atoms with Gasteiger partial charge < -0.3 is 14.2 Å². The Morgan fingerprint density at radius 3 is 1.48 bits per heavy atom. The molecule has 2 unspecified atom stereocenters. The van der Waals surface area contributed by atoms with Crippen molar-refractivity contribution in [3.63, 3.8) is 0 Å². The Morgan fingerprint density at radius 1 is 0.620 bits per heavy atom. The number of rotatable bonds is 36. The highest BCUT2D eigenvalue weighted by Crippen LogP contribution is 2.28. The van der Waals surface area contributed by atoms with E-state index in [4.69, 9.17) is 14.2 Å². The summed E-state index contributed by atoms with van der Waals surface area (Å²) in [7, 11) is 4.00. The first-order valence-electron chi connectivity index (χ1n) is 21.5. The van der Waals surface area contributed by atoms with Crippen LogP contribution in [0.15, 0.2) is 48.6 Å². The molecule has 0 radical (unpaired) electrons. The molecule has 50 heavy (non-hydrogen) atoms. The van der Waals surface area contributed by atoms with E-state index in [1.807, 2.05) is 26.0 Å². The first-order valence-corrected chi connectivity index (χ1v) is 21.5. The van der Waals surface area contributed by atoms with Crippen LogP contribution in [0.5, 0.6) is 0 Å². The molecular weight excluding hydrogens is 617 g/mol. The summed E-state index contributed by atoms with van der Waals surface area (Å²) in [6.45, 7) is 8.51. The molecule has 1 aliphatic heterocycles. The number of hydrazine groups is 1. The molecule has 5 nitrogen and oxygen atoms in total. The number of ether oxygens (including phenoxy) is 3. The van der Waals surface area contributed by atoms with Gasteiger partial charge in [-0.3, -0.25) is 10.4 Å². The smallest absolute Gasteiger partial charge is 0.280 e. The van der Waals surface area contributed by atoms with Crippen LogP contribution in [0.2, 0.25) is 0 Å². The van der Waals surface area contributed by atoms with Crippen LogP contribution in [0.1, 0.15) is 188 Å². The number of unbranched alkanes of at least 4 members (excludes halogenated alkanes) is 18. The Balaban J connectivity index is 2.24. The maximum atomic E-state index is 6.34. The Hall–Kier alpha value is -1.24. The lowest BCUT2D eigenvalue weighted by molar-refractivity contribution is -0.328. The highest BCUT2D eigenvalue weighted by molar-refractivity contribution is 4.93. The van der Waals surface area contributed by atoms with Gasteiger partial charge in [0.2, 0.25) is 0 Å². The number of hydrogen-bond donors (Lipinski definition) is 1. The van der Waals surface area contributed by atoms with Crippen molar-refractivity contribution >= 4 is 0 Å². The molecule has 0 spiro atoms. The van der Waals surface area contributed by atoms with Gasteiger partial charge in [0.05, 0.1) is 13.2 Å². The molecule has 0 amide bonds. The molecule has 1 rings (SSSR count). The van der Waals surface area contributed by atoms with Crippen LogP contribution in [-0.2, 0) is 14.2 Å². The van der Waals surface area contributed by atoms with Crippen molar-refractivity contribution in [1.29, 1.82) is 0 Å². The Bertz CT molecular complexity index is 790. The summed E-state index contributed by atoms with van der Waals surface area (Å²) in [6.07, 6.45) is 52.5. The molecule has 292 valence electrons. The first kappa shape index (κ1) is 46.8. The third-order valence-electron chi connectivity index (χ3n) is 9.75. The highest BCUT2D eigenvalue weighted by Gasteiger charge is 2.38. The summed E-state index contributed by atoms with van der Waals surface area (Å²) in [6, 6.07) is 0. The average molecular weight is 701 g/mol. The van der Waals surface area contributed by atoms with E-state index >= 15 is 0 Å². The topological polar surface area (TPSA) is 43.0 Å². The fourth-order valence-electron chi connectivity index (χ4n) is 6.50. The van der Waals surface area contributed by atoms with Crippen LogP contribution in [0.3, 0.4) is 0 Å². The Kier molecular flexibility index (Phi) is 32.6. The van der Waals surface area contributed by atoms with Gasteiger partial charge in [0.25, 0.3) is 5.97 Å². The van der Waals surface area contributed by atoms with Crippen LogP contribution < -0.4 is 5.43 Å². The second kappa shape index (κ2) is 34.8. The molecule has 0 aromatic carbocycles. The molecule has 5 heteroatoms. The number of nitrogens with one attached hydrogen (secondary N) is 1. The van der Waals surface area contributed by atoms with E-state index in [-0.39, 0.29) is 6.10 Å². The van der Waals surface area contributed by atoms with Crippen molar-refractivity contribution in [2.45, 2.75) is 200 Å². The third-order valence-corrected chi connectivity index (χ3v) is 9.75. The summed E-state index contributed by atoms with van der Waals surface area (Å²) in [5.74, 6) is -0.343. The normalized spacial score (nSPS) is 18.6. The van der Waals surface area contributed by atoms with Crippen molar-refractivity contribution in [3.8, 4) is 0 Å². The maximum Gasteiger partial charge on any atom is 0.280 e. The molecule has 0 aromatic heterocycles. The van der Waals surface area contributed by atoms with Gasteiger partial charge in [0.1, 0.15) is 6.10 Å². The van der Waals surface area contributed by atoms with Gasteiger partial charge in [-0.2, -0.15) is 0 Å². The fraction of sp³-hybridized carbons (Fsp3) is 0.822. The zero-order valence-corrected chi connectivity index (χ0v) is 34.0. The van der Waals surface area contributed by atoms with Crippen molar-refractivity contribution in [3.05, 3.63) is 48.6 Å². The van der Waals surface area contributed by atoms with Crippen LogP contribution >= 0.6 is 0 Å². The molecular formula is C45H84N2O3. The quantitative estimate of drug-likeness (QED) is 0.0400. The zero-order chi connectivity index (χ0) is 36.2. The average Bonchev–Trinajstić information content (AvgIpc) is 3.49. The van der Waals surface area contributed by atoms with Gasteiger partial charge >= 0.3 is 0 Å². The maximum absolute atomic E-state index is 6.34. The van der Waals surface area contributed by atoms with Crippen LogP contribution in [0, 0.1) is 5.92 Å². The molecule has 1 N–H and O–H groups in total. The minimum Gasteiger partial charge on any atom is -0.327 e. The lowest BCUT2D eigenvalue weighted by Gasteiger charge is -2.27. The lowest BCUT2D eigenvalue weighted by Crippen LogP contribution is -2.39. The largest absolute Gasteiger partial charge is 0.327 e. The van der Waals surface area contributed by atoms with E-state index < -0.39 is 5.97 Å². The molecule has 2 atom stereocenters. The molecule has 0 aromatic rings. The van der Waals surface area contributed by atoms with Crippen molar-refractivity contribution in [1.82, 2.24) is 10.4 Å². The minimum absolute atomic E-state index is 0.0150. The molecule has 0 aliphatic carbocycles. The lowest BCUT2D eigenvalue weighted by atomic mass is 9.94. The first-order chi connectivity index (χ1) is 24.5. The molecule has 1 saturated heterocycles. The van der Waals surface area contributed by atoms with E-state index in [1.165, 1.54) is 154 Å². The number of nitrogens with zero attached hydrogens (tertiary/aromatic N) is 1. The molecule has 1 heterocycles. The summed E-state index contributed by atoms with van der Waals surface area (Å²) >= 11 is 0. The predicted molar refractivity (Wildman–Crippen MR) is 218 cm³/mol. The molecule has 1 fully saturated rings. The Labute approximate surface area is 312 Å². The van der Waals surface area contributed by atoms with E-state index in [0.29, 0.717) is 12.5 Å². The SMILES string of the molecule is CCCCC/C=C\C/C=C\CCCCCCCCC(CCCCCCCC/C=C\C/C=C\CCCCC)COC1(C)OCC(CNN(C)C)O1. The standard InChI is InChI=1S/C45H84N2O3/c1-6-8-10-12-14-16-18-20-22-24-26-28-30-32-34-36-38-43(41-48-45(3)49-42-44(50-45)40-46-47(4)5)39-37-35-33-31-29-27-25-23-21-19-17-15-13-11-9-7-2/h14-17,20-23,43-44,46H,6-13,18-19,24-42H2,1-5H3/b16-14-,17-15-,22-20-,23-21-. The van der Waals surface area contributed by atoms with Crippen LogP contribution in [-0.4, -0.2) is 50.9 Å². The fourth-order valence-corrected chi connectivity index (χ4v) is 6.50. The van der Waals surface area contributed by atoms with Gasteiger partial charge in [-0.05, 0) is 83.0 Å². The third kappa shape index (κ3) is 30.4. The van der Waals surface area contributed by atoms with Gasteiger partial charge in [0, 0.05) is 27.6 Å².